The van der Waals surface area contributed by atoms with Gasteiger partial charge in [0.1, 0.15) is 0 Å². The van der Waals surface area contributed by atoms with Crippen LogP contribution < -0.4 is 35.2 Å². The summed E-state index contributed by atoms with van der Waals surface area (Å²) < 4.78 is 0. The van der Waals surface area contributed by atoms with Gasteiger partial charge in [-0.05, 0) is 39.5 Å². The number of benzene rings is 4. The van der Waals surface area contributed by atoms with Crippen molar-refractivity contribution >= 4 is 37.4 Å². The summed E-state index contributed by atoms with van der Waals surface area (Å²) in [6, 6.07) is 39.8. The van der Waals surface area contributed by atoms with Crippen LogP contribution in [0.3, 0.4) is 0 Å². The van der Waals surface area contributed by atoms with Crippen molar-refractivity contribution in [2.75, 3.05) is 0 Å². The summed E-state index contributed by atoms with van der Waals surface area (Å²) in [6.07, 6.45) is 0. The van der Waals surface area contributed by atoms with Gasteiger partial charge in [0.2, 0.25) is 0 Å². The molecule has 0 spiro atoms. The molecule has 228 valence electrons. The van der Waals surface area contributed by atoms with E-state index in [4.69, 9.17) is 0 Å². The van der Waals surface area contributed by atoms with Crippen LogP contribution in [0.5, 0.6) is 0 Å². The van der Waals surface area contributed by atoms with Crippen LogP contribution in [0.25, 0.3) is 21.5 Å². The Balaban J connectivity index is 0.000000225. The second-order valence-corrected chi connectivity index (χ2v) is 17.6. The van der Waals surface area contributed by atoms with Crippen molar-refractivity contribution in [1.82, 2.24) is 0 Å². The third kappa shape index (κ3) is 9.40. The van der Waals surface area contributed by atoms with Gasteiger partial charge < -0.3 is 24.8 Å². The van der Waals surface area contributed by atoms with E-state index in [1.165, 1.54) is 65.3 Å². The molecule has 0 N–H and O–H groups in total. The molecule has 0 aliphatic rings. The van der Waals surface area contributed by atoms with E-state index in [0.29, 0.717) is 11.8 Å². The molecule has 0 aliphatic heterocycles. The standard InChI is InChI=1S/2C14H17.C12H10Si.2ClH.Zr/c2*1-9(2)13-7-12-6-5-10(3)11(4)14(12)8-13;1-3-7-11(8-4-1)13-12-9-5-2-6-10-12;;;/h2*5-9H,1-4H3;1-10H;2*1H;/q2*-1;;;;+2/p-2. The second kappa shape index (κ2) is 17.5. The van der Waals surface area contributed by atoms with Crippen LogP contribution in [0.4, 0.5) is 0 Å². The SMILES string of the molecule is Cc1ccc2[cH-]c(C(C)C)cc2c1C.Cc1ccc2[cH-]c(C(C)C)cc2c1C.[Cl-].[Cl-].[Zr+2]=[Si](c1ccccc1)c1ccccc1. The van der Waals surface area contributed by atoms with Crippen LogP contribution >= 0.6 is 0 Å². The average molecular weight is 715 g/mol. The van der Waals surface area contributed by atoms with Crippen LogP contribution in [0.1, 0.15) is 72.9 Å². The number of aryl methyl sites for hydroxylation is 4. The number of rotatable bonds is 4. The Bertz CT molecular complexity index is 1650. The normalized spacial score (nSPS) is 10.5. The Morgan fingerprint density at radius 3 is 1.18 bits per heavy atom. The van der Waals surface area contributed by atoms with Crippen molar-refractivity contribution in [3.63, 3.8) is 0 Å². The van der Waals surface area contributed by atoms with Crippen molar-refractivity contribution in [2.24, 2.45) is 0 Å². The first-order chi connectivity index (χ1) is 20.1. The summed E-state index contributed by atoms with van der Waals surface area (Å²) in [7, 11) is 0. The molecule has 6 aromatic carbocycles. The van der Waals surface area contributed by atoms with E-state index >= 15 is 0 Å². The van der Waals surface area contributed by atoms with E-state index < -0.39 is 5.43 Å². The van der Waals surface area contributed by atoms with Gasteiger partial charge in [-0.2, -0.15) is 12.1 Å². The van der Waals surface area contributed by atoms with E-state index in [9.17, 15) is 0 Å². The van der Waals surface area contributed by atoms with Crippen molar-refractivity contribution in [1.29, 1.82) is 0 Å². The van der Waals surface area contributed by atoms with Gasteiger partial charge in [0, 0.05) is 0 Å². The molecular weight excluding hydrogens is 671 g/mol. The minimum absolute atomic E-state index is 0. The molecule has 0 amide bonds. The molecule has 0 fully saturated rings. The number of hydrogen-bond donors (Lipinski definition) is 0. The Labute approximate surface area is 293 Å². The first-order valence-electron chi connectivity index (χ1n) is 15.1. The molecule has 0 aliphatic carbocycles. The van der Waals surface area contributed by atoms with E-state index in [-0.39, 0.29) is 24.8 Å². The first kappa shape index (κ1) is 38.0. The Morgan fingerprint density at radius 2 is 0.864 bits per heavy atom. The van der Waals surface area contributed by atoms with E-state index in [1.807, 2.05) is 0 Å². The maximum absolute atomic E-state index is 2.34. The fourth-order valence-corrected chi connectivity index (χ4v) is 9.01. The maximum atomic E-state index is 2.34. The summed E-state index contributed by atoms with van der Waals surface area (Å²) in [5, 5.41) is 8.65. The molecule has 0 heterocycles. The van der Waals surface area contributed by atoms with E-state index in [1.54, 1.807) is 23.3 Å². The third-order valence-electron chi connectivity index (χ3n) is 8.36. The molecule has 0 aromatic heterocycles. The fraction of sp³-hybridized carbons (Fsp3) is 0.250. The van der Waals surface area contributed by atoms with Crippen molar-refractivity contribution in [3.05, 3.63) is 143 Å². The number of halogens is 2. The van der Waals surface area contributed by atoms with Gasteiger partial charge in [0.05, 0.1) is 0 Å². The number of fused-ring (bicyclic) bond motifs is 2. The molecule has 6 aromatic rings. The summed E-state index contributed by atoms with van der Waals surface area (Å²) in [6.45, 7) is 17.8. The fourth-order valence-electron chi connectivity index (χ4n) is 5.17. The van der Waals surface area contributed by atoms with Gasteiger partial charge in [-0.25, -0.2) is 0 Å². The summed E-state index contributed by atoms with van der Waals surface area (Å²) in [4.78, 5) is 0. The predicted octanol–water partition coefficient (Wildman–Crippen LogP) is 3.94. The van der Waals surface area contributed by atoms with Gasteiger partial charge in [0.15, 0.2) is 0 Å². The summed E-state index contributed by atoms with van der Waals surface area (Å²) in [5.41, 5.74) is 8.08. The van der Waals surface area contributed by atoms with Crippen LogP contribution in [0, 0.1) is 27.7 Å². The van der Waals surface area contributed by atoms with Gasteiger partial charge in [0.25, 0.3) is 0 Å². The Hall–Kier alpha value is -2.22. The molecule has 0 saturated carbocycles. The van der Waals surface area contributed by atoms with Crippen LogP contribution in [-0.2, 0) is 23.3 Å². The van der Waals surface area contributed by atoms with Gasteiger partial charge in [-0.15, -0.1) is 69.1 Å². The van der Waals surface area contributed by atoms with Crippen LogP contribution in [-0.4, -0.2) is 5.43 Å². The molecule has 0 nitrogen and oxygen atoms in total. The predicted molar refractivity (Wildman–Crippen MR) is 184 cm³/mol. The van der Waals surface area contributed by atoms with Gasteiger partial charge in [-0.1, -0.05) is 49.9 Å². The molecule has 44 heavy (non-hydrogen) atoms. The zero-order chi connectivity index (χ0) is 30.4. The monoisotopic (exact) mass is 712 g/mol. The third-order valence-corrected chi connectivity index (χ3v) is 14.4. The quantitative estimate of drug-likeness (QED) is 0.192. The van der Waals surface area contributed by atoms with Crippen molar-refractivity contribution < 1.29 is 48.1 Å². The first-order valence-corrected chi connectivity index (χ1v) is 20.3. The molecule has 0 radical (unpaired) electrons. The number of hydrogen-bond acceptors (Lipinski definition) is 0. The summed E-state index contributed by atoms with van der Waals surface area (Å²) in [5.74, 6) is 1.25. The van der Waals surface area contributed by atoms with E-state index in [0.717, 1.165) is 0 Å². The van der Waals surface area contributed by atoms with Gasteiger partial charge >= 0.3 is 99.8 Å². The van der Waals surface area contributed by atoms with Crippen molar-refractivity contribution in [2.45, 2.75) is 67.2 Å². The molecule has 6 rings (SSSR count). The van der Waals surface area contributed by atoms with Crippen molar-refractivity contribution in [3.8, 4) is 0 Å². The Morgan fingerprint density at radius 1 is 0.523 bits per heavy atom. The topological polar surface area (TPSA) is 0 Å². The van der Waals surface area contributed by atoms with E-state index in [2.05, 4.69) is 165 Å². The van der Waals surface area contributed by atoms with Crippen LogP contribution in [0.2, 0.25) is 0 Å². The molecule has 0 unspecified atom stereocenters. The molecule has 0 atom stereocenters. The summed E-state index contributed by atoms with van der Waals surface area (Å²) >= 11 is 1.64. The molecular formula is C40H44Cl2SiZr-2. The Kier molecular flexibility index (Phi) is 15.1. The second-order valence-electron chi connectivity index (χ2n) is 12.0. The van der Waals surface area contributed by atoms with Crippen LogP contribution in [0.15, 0.2) is 109 Å². The average Bonchev–Trinajstić information content (AvgIpc) is 3.65. The zero-order valence-electron chi connectivity index (χ0n) is 27.3. The van der Waals surface area contributed by atoms with Gasteiger partial charge in [-0.3, -0.25) is 0 Å². The molecule has 0 saturated heterocycles. The zero-order valence-corrected chi connectivity index (χ0v) is 32.3. The minimum atomic E-state index is -0.455. The molecule has 0 bridgehead atoms. The molecule has 4 heteroatoms.